The summed E-state index contributed by atoms with van der Waals surface area (Å²) >= 11 is 0. The van der Waals surface area contributed by atoms with Crippen molar-refractivity contribution in [3.05, 3.63) is 55.1 Å². The summed E-state index contributed by atoms with van der Waals surface area (Å²) in [6.07, 6.45) is 4.51. The molecule has 11 nitrogen and oxygen atoms in total. The van der Waals surface area contributed by atoms with E-state index in [4.69, 9.17) is 23.7 Å². The molecule has 0 aliphatic carbocycles. The summed E-state index contributed by atoms with van der Waals surface area (Å²) in [4.78, 5) is 21.0. The number of anilines is 1. The van der Waals surface area contributed by atoms with E-state index in [-0.39, 0.29) is 12.5 Å². The molecule has 0 saturated heterocycles. The largest absolute Gasteiger partial charge is 0.497 e. The number of carbonyl (C=O) groups is 1. The number of nitrogens with zero attached hydrogens (tertiary/aromatic N) is 4. The second-order valence-electron chi connectivity index (χ2n) is 7.30. The molecule has 182 valence electrons. The fraction of sp³-hybridized carbons (Fsp3) is 0.250. The van der Waals surface area contributed by atoms with Gasteiger partial charge in [-0.3, -0.25) is 9.48 Å². The molecule has 0 fully saturated rings. The SMILES string of the molecule is COCCOc1cc2ncnc(Oc3cnn(CC(=O)Nc4cccc(OC)c4)c3)c2cc1OC. The number of rotatable bonds is 11. The van der Waals surface area contributed by atoms with Crippen LogP contribution in [0.1, 0.15) is 0 Å². The van der Waals surface area contributed by atoms with Gasteiger partial charge in [0.2, 0.25) is 11.8 Å². The number of hydrogen-bond donors (Lipinski definition) is 1. The van der Waals surface area contributed by atoms with Crippen LogP contribution in [-0.4, -0.2) is 60.2 Å². The zero-order chi connectivity index (χ0) is 24.6. The Morgan fingerprint density at radius 1 is 1.00 bits per heavy atom. The Kier molecular flexibility index (Phi) is 7.58. The van der Waals surface area contributed by atoms with Gasteiger partial charge in [-0.1, -0.05) is 6.07 Å². The van der Waals surface area contributed by atoms with Crippen LogP contribution >= 0.6 is 0 Å². The van der Waals surface area contributed by atoms with E-state index in [0.29, 0.717) is 58.7 Å². The molecular weight excluding hydrogens is 454 g/mol. The number of amides is 1. The molecule has 0 atom stereocenters. The van der Waals surface area contributed by atoms with E-state index in [1.807, 2.05) is 0 Å². The first-order valence-corrected chi connectivity index (χ1v) is 10.7. The van der Waals surface area contributed by atoms with Crippen molar-refractivity contribution in [1.29, 1.82) is 0 Å². The van der Waals surface area contributed by atoms with E-state index in [9.17, 15) is 4.79 Å². The fourth-order valence-electron chi connectivity index (χ4n) is 3.27. The van der Waals surface area contributed by atoms with Crippen molar-refractivity contribution in [2.24, 2.45) is 0 Å². The third-order valence-corrected chi connectivity index (χ3v) is 4.91. The fourth-order valence-corrected chi connectivity index (χ4v) is 3.27. The van der Waals surface area contributed by atoms with Gasteiger partial charge in [0, 0.05) is 24.9 Å². The summed E-state index contributed by atoms with van der Waals surface area (Å²) in [6, 6.07) is 10.6. The number of nitrogens with one attached hydrogen (secondary N) is 1. The highest BCUT2D eigenvalue weighted by Gasteiger charge is 2.14. The van der Waals surface area contributed by atoms with Gasteiger partial charge in [-0.2, -0.15) is 5.10 Å². The van der Waals surface area contributed by atoms with Crippen LogP contribution < -0.4 is 24.3 Å². The van der Waals surface area contributed by atoms with Gasteiger partial charge >= 0.3 is 0 Å². The Morgan fingerprint density at radius 2 is 1.89 bits per heavy atom. The molecule has 0 saturated carbocycles. The molecule has 4 aromatic rings. The zero-order valence-corrected chi connectivity index (χ0v) is 19.6. The molecule has 0 bridgehead atoms. The van der Waals surface area contributed by atoms with Crippen molar-refractivity contribution in [2.75, 3.05) is 39.9 Å². The van der Waals surface area contributed by atoms with Crippen LogP contribution in [0, 0.1) is 0 Å². The molecule has 0 aliphatic heterocycles. The Morgan fingerprint density at radius 3 is 2.69 bits per heavy atom. The highest BCUT2D eigenvalue weighted by Crippen LogP contribution is 2.35. The van der Waals surface area contributed by atoms with E-state index in [1.54, 1.807) is 63.9 Å². The number of aromatic nitrogens is 4. The van der Waals surface area contributed by atoms with Gasteiger partial charge in [0.25, 0.3) is 0 Å². The lowest BCUT2D eigenvalue weighted by Crippen LogP contribution is -2.18. The number of ether oxygens (including phenoxy) is 5. The van der Waals surface area contributed by atoms with Gasteiger partial charge in [0.1, 0.15) is 25.2 Å². The summed E-state index contributed by atoms with van der Waals surface area (Å²) in [5.41, 5.74) is 1.25. The van der Waals surface area contributed by atoms with Gasteiger partial charge < -0.3 is 29.0 Å². The average molecular weight is 479 g/mol. The summed E-state index contributed by atoms with van der Waals surface area (Å²) in [6.45, 7) is 0.819. The monoisotopic (exact) mass is 479 g/mol. The van der Waals surface area contributed by atoms with Crippen LogP contribution in [0.5, 0.6) is 28.9 Å². The Bertz CT molecular complexity index is 1310. The zero-order valence-electron chi connectivity index (χ0n) is 19.6. The maximum Gasteiger partial charge on any atom is 0.246 e. The van der Waals surface area contributed by atoms with Crippen molar-refractivity contribution in [3.8, 4) is 28.9 Å². The van der Waals surface area contributed by atoms with Crippen LogP contribution in [0.2, 0.25) is 0 Å². The van der Waals surface area contributed by atoms with E-state index >= 15 is 0 Å². The van der Waals surface area contributed by atoms with Gasteiger partial charge in [-0.05, 0) is 18.2 Å². The van der Waals surface area contributed by atoms with Crippen molar-refractivity contribution in [3.63, 3.8) is 0 Å². The predicted octanol–water partition coefficient (Wildman–Crippen LogP) is 3.30. The first-order chi connectivity index (χ1) is 17.1. The lowest BCUT2D eigenvalue weighted by molar-refractivity contribution is -0.116. The maximum atomic E-state index is 12.4. The summed E-state index contributed by atoms with van der Waals surface area (Å²) in [5, 5.41) is 7.64. The molecule has 0 aliphatic rings. The topological polar surface area (TPSA) is 119 Å². The van der Waals surface area contributed by atoms with Gasteiger partial charge in [-0.25, -0.2) is 9.97 Å². The van der Waals surface area contributed by atoms with E-state index in [1.165, 1.54) is 17.2 Å². The number of carbonyl (C=O) groups excluding carboxylic acids is 1. The number of methoxy groups -OCH3 is 3. The Balaban J connectivity index is 1.46. The van der Waals surface area contributed by atoms with Crippen LogP contribution in [0.3, 0.4) is 0 Å². The molecule has 2 aromatic carbocycles. The van der Waals surface area contributed by atoms with Crippen molar-refractivity contribution < 1.29 is 28.5 Å². The normalized spacial score (nSPS) is 10.7. The van der Waals surface area contributed by atoms with Crippen molar-refractivity contribution >= 4 is 22.5 Å². The molecule has 35 heavy (non-hydrogen) atoms. The van der Waals surface area contributed by atoms with Crippen LogP contribution in [-0.2, 0) is 16.1 Å². The molecule has 1 N–H and O–H groups in total. The second kappa shape index (κ2) is 11.2. The summed E-state index contributed by atoms with van der Waals surface area (Å²) in [7, 11) is 4.72. The minimum atomic E-state index is -0.244. The molecule has 0 spiro atoms. The molecule has 11 heteroatoms. The third-order valence-electron chi connectivity index (χ3n) is 4.91. The highest BCUT2D eigenvalue weighted by atomic mass is 16.5. The molecule has 2 heterocycles. The molecule has 0 radical (unpaired) electrons. The lowest BCUT2D eigenvalue weighted by Gasteiger charge is -2.12. The second-order valence-corrected chi connectivity index (χ2v) is 7.30. The van der Waals surface area contributed by atoms with Crippen LogP contribution in [0.4, 0.5) is 5.69 Å². The summed E-state index contributed by atoms with van der Waals surface area (Å²) < 4.78 is 28.8. The smallest absolute Gasteiger partial charge is 0.246 e. The van der Waals surface area contributed by atoms with Gasteiger partial charge in [-0.15, -0.1) is 0 Å². The molecule has 2 aromatic heterocycles. The standard InChI is InChI=1S/C24H25N5O6/c1-31-7-8-34-22-11-20-19(10-21(22)33-3)24(26-15-25-20)35-18-12-27-29(13-18)14-23(30)28-16-5-4-6-17(9-16)32-2/h4-6,9-13,15H,7-8,14H2,1-3H3,(H,28,30). The van der Waals surface area contributed by atoms with Gasteiger partial charge in [0.05, 0.1) is 44.1 Å². The van der Waals surface area contributed by atoms with E-state index in [0.717, 1.165) is 0 Å². The predicted molar refractivity (Wildman–Crippen MR) is 127 cm³/mol. The maximum absolute atomic E-state index is 12.4. The minimum Gasteiger partial charge on any atom is -0.497 e. The third kappa shape index (κ3) is 5.95. The number of hydrogen-bond acceptors (Lipinski definition) is 9. The van der Waals surface area contributed by atoms with E-state index in [2.05, 4.69) is 20.4 Å². The molecule has 0 unspecified atom stereocenters. The quantitative estimate of drug-likeness (QED) is 0.323. The molecule has 1 amide bonds. The van der Waals surface area contributed by atoms with Crippen LogP contribution in [0.25, 0.3) is 10.9 Å². The number of fused-ring (bicyclic) bond motifs is 1. The first-order valence-electron chi connectivity index (χ1n) is 10.7. The van der Waals surface area contributed by atoms with Gasteiger partial charge in [0.15, 0.2) is 17.2 Å². The minimum absolute atomic E-state index is 0.00108. The van der Waals surface area contributed by atoms with Crippen molar-refractivity contribution in [2.45, 2.75) is 6.54 Å². The summed E-state index contributed by atoms with van der Waals surface area (Å²) in [5.74, 6) is 2.19. The van der Waals surface area contributed by atoms with E-state index < -0.39 is 0 Å². The highest BCUT2D eigenvalue weighted by molar-refractivity contribution is 5.90. The Labute approximate surface area is 201 Å². The molecular formula is C24H25N5O6. The molecule has 4 rings (SSSR count). The Hall–Kier alpha value is -4.38. The number of benzene rings is 2. The lowest BCUT2D eigenvalue weighted by atomic mass is 10.2. The average Bonchev–Trinajstić information content (AvgIpc) is 3.30. The van der Waals surface area contributed by atoms with Crippen LogP contribution in [0.15, 0.2) is 55.1 Å². The first kappa shape index (κ1) is 23.8. The van der Waals surface area contributed by atoms with Crippen molar-refractivity contribution in [1.82, 2.24) is 19.7 Å².